The summed E-state index contributed by atoms with van der Waals surface area (Å²) in [6.07, 6.45) is 1.41. The number of amides is 2. The highest BCUT2D eigenvalue weighted by Crippen LogP contribution is 2.06. The van der Waals surface area contributed by atoms with Crippen LogP contribution in [0.25, 0.3) is 0 Å². The highest BCUT2D eigenvalue weighted by atomic mass is 16.2. The van der Waals surface area contributed by atoms with E-state index in [9.17, 15) is 9.59 Å². The van der Waals surface area contributed by atoms with Crippen molar-refractivity contribution < 1.29 is 9.59 Å². The fraction of sp³-hybridized carbons (Fsp3) is 0.636. The third-order valence-corrected chi connectivity index (χ3v) is 3.01. The van der Waals surface area contributed by atoms with E-state index in [1.165, 1.54) is 6.20 Å². The molecule has 0 atom stereocenters. The van der Waals surface area contributed by atoms with Gasteiger partial charge < -0.3 is 14.7 Å². The summed E-state index contributed by atoms with van der Waals surface area (Å²) in [6, 6.07) is 0. The van der Waals surface area contributed by atoms with Gasteiger partial charge >= 0.3 is 0 Å². The standard InChI is InChI=1S/C11H18N6O2/c1-15(2)8-10(18)16-3-5-17(6-4-16)11(19)9-7-12-14-13-9/h7H,3-6,8H2,1-2H3,(H,12,13,14). The summed E-state index contributed by atoms with van der Waals surface area (Å²) in [5.41, 5.74) is 0.313. The highest BCUT2D eigenvalue weighted by molar-refractivity contribution is 5.92. The van der Waals surface area contributed by atoms with Crippen LogP contribution in [0.5, 0.6) is 0 Å². The van der Waals surface area contributed by atoms with E-state index in [2.05, 4.69) is 15.4 Å². The lowest BCUT2D eigenvalue weighted by Gasteiger charge is -2.34. The molecule has 0 spiro atoms. The minimum absolute atomic E-state index is 0.0959. The van der Waals surface area contributed by atoms with Crippen molar-refractivity contribution in [3.05, 3.63) is 11.9 Å². The second-order valence-electron chi connectivity index (χ2n) is 4.77. The average Bonchev–Trinajstić information content (AvgIpc) is 2.91. The number of likely N-dealkylation sites (N-methyl/N-ethyl adjacent to an activating group) is 1. The molecule has 1 aromatic rings. The zero-order valence-electron chi connectivity index (χ0n) is 11.2. The number of carbonyl (C=O) groups is 2. The van der Waals surface area contributed by atoms with E-state index in [1.807, 2.05) is 19.0 Å². The van der Waals surface area contributed by atoms with E-state index in [4.69, 9.17) is 0 Å². The number of nitrogens with zero attached hydrogens (tertiary/aromatic N) is 5. The van der Waals surface area contributed by atoms with Gasteiger partial charge in [0, 0.05) is 26.2 Å². The number of nitrogens with one attached hydrogen (secondary N) is 1. The van der Waals surface area contributed by atoms with E-state index in [0.717, 1.165) is 0 Å². The zero-order valence-corrected chi connectivity index (χ0v) is 11.2. The van der Waals surface area contributed by atoms with Crippen LogP contribution in [-0.4, -0.2) is 88.7 Å². The molecule has 1 aromatic heterocycles. The van der Waals surface area contributed by atoms with Gasteiger partial charge in [-0.3, -0.25) is 9.59 Å². The second kappa shape index (κ2) is 5.79. The molecule has 0 aliphatic carbocycles. The van der Waals surface area contributed by atoms with Gasteiger partial charge in [-0.15, -0.1) is 0 Å². The first-order valence-electron chi connectivity index (χ1n) is 6.15. The Hall–Kier alpha value is -1.96. The minimum Gasteiger partial charge on any atom is -0.338 e. The van der Waals surface area contributed by atoms with Crippen LogP contribution in [0.1, 0.15) is 10.5 Å². The number of aromatic amines is 1. The molecule has 1 fully saturated rings. The third kappa shape index (κ3) is 3.28. The van der Waals surface area contributed by atoms with Gasteiger partial charge in [0.2, 0.25) is 5.91 Å². The smallest absolute Gasteiger partial charge is 0.276 e. The van der Waals surface area contributed by atoms with Gasteiger partial charge in [0.15, 0.2) is 5.69 Å². The van der Waals surface area contributed by atoms with E-state index >= 15 is 0 Å². The van der Waals surface area contributed by atoms with Gasteiger partial charge in [-0.05, 0) is 14.1 Å². The average molecular weight is 266 g/mol. The molecule has 1 aliphatic rings. The molecule has 104 valence electrons. The molecule has 0 aromatic carbocycles. The summed E-state index contributed by atoms with van der Waals surface area (Å²) >= 11 is 0. The molecule has 1 aliphatic heterocycles. The predicted molar refractivity (Wildman–Crippen MR) is 67.4 cm³/mol. The topological polar surface area (TPSA) is 85.4 Å². The Labute approximate surface area is 111 Å². The van der Waals surface area contributed by atoms with Crippen molar-refractivity contribution >= 4 is 11.8 Å². The van der Waals surface area contributed by atoms with Crippen LogP contribution in [0, 0.1) is 0 Å². The zero-order chi connectivity index (χ0) is 13.8. The molecule has 0 bridgehead atoms. The maximum absolute atomic E-state index is 12.0. The SMILES string of the molecule is CN(C)CC(=O)N1CCN(C(=O)c2cn[nH]n2)CC1. The first-order chi connectivity index (χ1) is 9.08. The summed E-state index contributed by atoms with van der Waals surface area (Å²) in [6.45, 7) is 2.60. The first-order valence-corrected chi connectivity index (χ1v) is 6.15. The second-order valence-corrected chi connectivity index (χ2v) is 4.77. The Morgan fingerprint density at radius 3 is 2.42 bits per heavy atom. The van der Waals surface area contributed by atoms with Gasteiger partial charge in [0.25, 0.3) is 5.91 Å². The summed E-state index contributed by atoms with van der Waals surface area (Å²) in [5.74, 6) is -0.0491. The minimum atomic E-state index is -0.145. The van der Waals surface area contributed by atoms with Crippen molar-refractivity contribution in [2.24, 2.45) is 0 Å². The number of aromatic nitrogens is 3. The number of piperazine rings is 1. The van der Waals surface area contributed by atoms with Gasteiger partial charge in [0.05, 0.1) is 12.7 Å². The Kier molecular flexibility index (Phi) is 4.10. The van der Waals surface area contributed by atoms with E-state index in [-0.39, 0.29) is 11.8 Å². The van der Waals surface area contributed by atoms with Crippen molar-refractivity contribution in [1.29, 1.82) is 0 Å². The quantitative estimate of drug-likeness (QED) is 0.731. The van der Waals surface area contributed by atoms with E-state index in [1.54, 1.807) is 9.80 Å². The highest BCUT2D eigenvalue weighted by Gasteiger charge is 2.25. The molecule has 8 heteroatoms. The number of hydrogen-bond acceptors (Lipinski definition) is 5. The summed E-state index contributed by atoms with van der Waals surface area (Å²) in [4.78, 5) is 29.2. The number of hydrogen-bond donors (Lipinski definition) is 1. The molecular weight excluding hydrogens is 248 g/mol. The van der Waals surface area contributed by atoms with Crippen molar-refractivity contribution in [3.63, 3.8) is 0 Å². The van der Waals surface area contributed by atoms with Crippen LogP contribution in [-0.2, 0) is 4.79 Å². The fourth-order valence-corrected chi connectivity index (χ4v) is 2.00. The van der Waals surface area contributed by atoms with Crippen LogP contribution < -0.4 is 0 Å². The first kappa shape index (κ1) is 13.5. The third-order valence-electron chi connectivity index (χ3n) is 3.01. The Morgan fingerprint density at radius 1 is 1.26 bits per heavy atom. The summed E-state index contributed by atoms with van der Waals surface area (Å²) < 4.78 is 0. The van der Waals surface area contributed by atoms with Crippen LogP contribution in [0.2, 0.25) is 0 Å². The Bertz CT molecular complexity index is 436. The van der Waals surface area contributed by atoms with E-state index < -0.39 is 0 Å². The molecular formula is C11H18N6O2. The maximum atomic E-state index is 12.0. The number of H-pyrrole nitrogens is 1. The van der Waals surface area contributed by atoms with Crippen LogP contribution in [0.3, 0.4) is 0 Å². The largest absolute Gasteiger partial charge is 0.338 e. The molecule has 2 rings (SSSR count). The predicted octanol–water partition coefficient (Wildman–Crippen LogP) is -1.35. The lowest BCUT2D eigenvalue weighted by Crippen LogP contribution is -2.52. The molecule has 2 heterocycles. The lowest BCUT2D eigenvalue weighted by molar-refractivity contribution is -0.133. The Morgan fingerprint density at radius 2 is 1.89 bits per heavy atom. The normalized spacial score (nSPS) is 15.9. The van der Waals surface area contributed by atoms with Gasteiger partial charge in [-0.1, -0.05) is 0 Å². The molecule has 2 amide bonds. The molecule has 0 radical (unpaired) electrons. The van der Waals surface area contributed by atoms with Crippen LogP contribution >= 0.6 is 0 Å². The summed E-state index contributed by atoms with van der Waals surface area (Å²) in [7, 11) is 3.73. The molecule has 1 saturated heterocycles. The summed E-state index contributed by atoms with van der Waals surface area (Å²) in [5, 5.41) is 9.81. The Balaban J connectivity index is 1.86. The lowest BCUT2D eigenvalue weighted by atomic mass is 10.2. The fourth-order valence-electron chi connectivity index (χ4n) is 2.00. The monoisotopic (exact) mass is 266 g/mol. The number of carbonyl (C=O) groups excluding carboxylic acids is 2. The molecule has 0 saturated carbocycles. The van der Waals surface area contributed by atoms with Gasteiger partial charge in [0.1, 0.15) is 0 Å². The van der Waals surface area contributed by atoms with Crippen LogP contribution in [0.15, 0.2) is 6.20 Å². The van der Waals surface area contributed by atoms with Gasteiger partial charge in [-0.2, -0.15) is 15.4 Å². The van der Waals surface area contributed by atoms with Crippen molar-refractivity contribution in [2.45, 2.75) is 0 Å². The van der Waals surface area contributed by atoms with E-state index in [0.29, 0.717) is 38.4 Å². The van der Waals surface area contributed by atoms with Crippen LogP contribution in [0.4, 0.5) is 0 Å². The van der Waals surface area contributed by atoms with Crippen molar-refractivity contribution in [3.8, 4) is 0 Å². The van der Waals surface area contributed by atoms with Crippen molar-refractivity contribution in [2.75, 3.05) is 46.8 Å². The molecule has 8 nitrogen and oxygen atoms in total. The van der Waals surface area contributed by atoms with Crippen molar-refractivity contribution in [1.82, 2.24) is 30.1 Å². The number of rotatable bonds is 3. The molecule has 1 N–H and O–H groups in total. The molecule has 0 unspecified atom stereocenters. The van der Waals surface area contributed by atoms with Gasteiger partial charge in [-0.25, -0.2) is 0 Å². The maximum Gasteiger partial charge on any atom is 0.276 e. The molecule has 19 heavy (non-hydrogen) atoms.